The fourth-order valence-electron chi connectivity index (χ4n) is 2.88. The zero-order valence-electron chi connectivity index (χ0n) is 15.8. The highest BCUT2D eigenvalue weighted by Gasteiger charge is 2.25. The first-order valence-corrected chi connectivity index (χ1v) is 10.4. The van der Waals surface area contributed by atoms with E-state index in [4.69, 9.17) is 4.74 Å². The molecule has 3 rings (SSSR count). The minimum absolute atomic E-state index is 0.426. The largest absolute Gasteiger partial charge is 0.454 e. The lowest BCUT2D eigenvalue weighted by atomic mass is 10.1. The van der Waals surface area contributed by atoms with Crippen LogP contribution in [0.1, 0.15) is 43.2 Å². The summed E-state index contributed by atoms with van der Waals surface area (Å²) < 4.78 is 7.25. The lowest BCUT2D eigenvalue weighted by Gasteiger charge is -2.09. The number of ketones is 1. The maximum atomic E-state index is 12.5. The van der Waals surface area contributed by atoms with Crippen LogP contribution in [0.3, 0.4) is 0 Å². The van der Waals surface area contributed by atoms with Crippen molar-refractivity contribution in [1.82, 2.24) is 9.55 Å². The van der Waals surface area contributed by atoms with Gasteiger partial charge in [0.15, 0.2) is 18.3 Å². The van der Waals surface area contributed by atoms with Crippen molar-refractivity contribution in [2.24, 2.45) is 0 Å². The predicted octanol–water partition coefficient (Wildman–Crippen LogP) is 4.01. The van der Waals surface area contributed by atoms with E-state index in [0.717, 1.165) is 17.1 Å². The molecule has 28 heavy (non-hydrogen) atoms. The number of hydrogen-bond donors (Lipinski definition) is 0. The first-order chi connectivity index (χ1) is 13.4. The van der Waals surface area contributed by atoms with Gasteiger partial charge in [-0.05, 0) is 38.3 Å². The molecule has 0 aliphatic heterocycles. The van der Waals surface area contributed by atoms with E-state index in [1.165, 1.54) is 16.2 Å². The van der Waals surface area contributed by atoms with E-state index in [1.807, 2.05) is 42.0 Å². The number of carbonyl (C=O) groups is 2. The molecule has 3 heterocycles. The zero-order chi connectivity index (χ0) is 20.3. The number of thiophene rings is 1. The Morgan fingerprint density at radius 3 is 2.71 bits per heavy atom. The second-order valence-electron chi connectivity index (χ2n) is 6.38. The van der Waals surface area contributed by atoms with Crippen molar-refractivity contribution in [1.29, 1.82) is 5.26 Å². The van der Waals surface area contributed by atoms with Gasteiger partial charge in [-0.25, -0.2) is 9.78 Å². The smallest absolute Gasteiger partial charge is 0.340 e. The summed E-state index contributed by atoms with van der Waals surface area (Å²) in [6.45, 7) is 5.81. The SMILES string of the molecule is Cc1csc([C@@H](C#N)C(=O)COC(=O)c2cc(C)n(Cc3cccs3)c2C)n1. The molecule has 0 unspecified atom stereocenters. The summed E-state index contributed by atoms with van der Waals surface area (Å²) in [5.41, 5.74) is 2.91. The highest BCUT2D eigenvalue weighted by molar-refractivity contribution is 7.10. The fraction of sp³-hybridized carbons (Fsp3) is 0.300. The van der Waals surface area contributed by atoms with E-state index in [0.29, 0.717) is 17.1 Å². The van der Waals surface area contributed by atoms with Crippen LogP contribution in [0.4, 0.5) is 0 Å². The summed E-state index contributed by atoms with van der Waals surface area (Å²) in [5.74, 6) is -2.05. The third kappa shape index (κ3) is 4.21. The average molecular weight is 414 g/mol. The number of esters is 1. The lowest BCUT2D eigenvalue weighted by molar-refractivity contribution is -0.122. The second-order valence-corrected chi connectivity index (χ2v) is 8.30. The Morgan fingerprint density at radius 2 is 2.11 bits per heavy atom. The van der Waals surface area contributed by atoms with Crippen molar-refractivity contribution in [3.63, 3.8) is 0 Å². The molecular formula is C20H19N3O3S2. The van der Waals surface area contributed by atoms with Gasteiger partial charge >= 0.3 is 5.97 Å². The van der Waals surface area contributed by atoms with Gasteiger partial charge in [-0.2, -0.15) is 5.26 Å². The Bertz CT molecular complexity index is 1040. The van der Waals surface area contributed by atoms with Crippen LogP contribution in [-0.2, 0) is 16.1 Å². The molecule has 3 aromatic rings. The maximum absolute atomic E-state index is 12.5. The van der Waals surface area contributed by atoms with Gasteiger partial charge in [0.05, 0.1) is 18.2 Å². The van der Waals surface area contributed by atoms with E-state index in [9.17, 15) is 14.9 Å². The van der Waals surface area contributed by atoms with Crippen molar-refractivity contribution < 1.29 is 14.3 Å². The number of Topliss-reactive ketones (excluding diaryl/α,β-unsaturated/α-hetero) is 1. The summed E-state index contributed by atoms with van der Waals surface area (Å²) in [5, 5.41) is 13.5. The first-order valence-electron chi connectivity index (χ1n) is 8.61. The molecule has 0 bridgehead atoms. The van der Waals surface area contributed by atoms with Crippen molar-refractivity contribution in [3.05, 3.63) is 61.5 Å². The molecule has 0 aromatic carbocycles. The summed E-state index contributed by atoms with van der Waals surface area (Å²) in [6, 6.07) is 7.75. The summed E-state index contributed by atoms with van der Waals surface area (Å²) in [7, 11) is 0. The van der Waals surface area contributed by atoms with E-state index >= 15 is 0 Å². The van der Waals surface area contributed by atoms with Crippen molar-refractivity contribution >= 4 is 34.4 Å². The number of ether oxygens (including phenoxy) is 1. The van der Waals surface area contributed by atoms with Gasteiger partial charge in [0.2, 0.25) is 0 Å². The molecule has 0 aliphatic carbocycles. The normalized spacial score (nSPS) is 11.8. The molecule has 0 saturated heterocycles. The molecule has 0 spiro atoms. The number of aryl methyl sites for hydroxylation is 2. The molecule has 6 nitrogen and oxygen atoms in total. The van der Waals surface area contributed by atoms with Crippen molar-refractivity contribution in [3.8, 4) is 6.07 Å². The minimum atomic E-state index is -1.02. The predicted molar refractivity (Wildman–Crippen MR) is 108 cm³/mol. The van der Waals surface area contributed by atoms with Crippen LogP contribution in [0.25, 0.3) is 0 Å². The maximum Gasteiger partial charge on any atom is 0.340 e. The van der Waals surface area contributed by atoms with Crippen LogP contribution in [-0.4, -0.2) is 27.9 Å². The number of carbonyl (C=O) groups excluding carboxylic acids is 2. The zero-order valence-corrected chi connectivity index (χ0v) is 17.4. The van der Waals surface area contributed by atoms with Gasteiger partial charge in [-0.1, -0.05) is 6.07 Å². The van der Waals surface area contributed by atoms with Gasteiger partial charge in [-0.15, -0.1) is 22.7 Å². The van der Waals surface area contributed by atoms with Crippen LogP contribution >= 0.6 is 22.7 Å². The lowest BCUT2D eigenvalue weighted by Crippen LogP contribution is -2.20. The molecule has 144 valence electrons. The average Bonchev–Trinajstić information content (AvgIpc) is 3.39. The number of nitrogens with zero attached hydrogens (tertiary/aromatic N) is 3. The van der Waals surface area contributed by atoms with Gasteiger partial charge in [0.1, 0.15) is 5.01 Å². The van der Waals surface area contributed by atoms with Gasteiger partial charge in [0.25, 0.3) is 0 Å². The quantitative estimate of drug-likeness (QED) is 0.546. The topological polar surface area (TPSA) is 85.0 Å². The molecule has 0 N–H and O–H groups in total. The molecule has 8 heteroatoms. The highest BCUT2D eigenvalue weighted by Crippen LogP contribution is 2.22. The summed E-state index contributed by atoms with van der Waals surface area (Å²) >= 11 is 2.91. The molecule has 3 aromatic heterocycles. The van der Waals surface area contributed by atoms with E-state index in [2.05, 4.69) is 4.98 Å². The molecule has 1 atom stereocenters. The van der Waals surface area contributed by atoms with Gasteiger partial charge in [0, 0.05) is 27.3 Å². The van der Waals surface area contributed by atoms with Crippen LogP contribution in [0.15, 0.2) is 29.0 Å². The van der Waals surface area contributed by atoms with E-state index < -0.39 is 24.3 Å². The molecular weight excluding hydrogens is 394 g/mol. The Hall–Kier alpha value is -2.76. The van der Waals surface area contributed by atoms with Gasteiger partial charge < -0.3 is 9.30 Å². The fourth-order valence-corrected chi connectivity index (χ4v) is 4.43. The molecule has 0 saturated carbocycles. The molecule has 0 radical (unpaired) electrons. The number of nitriles is 1. The van der Waals surface area contributed by atoms with Crippen LogP contribution in [0.2, 0.25) is 0 Å². The monoisotopic (exact) mass is 413 g/mol. The van der Waals surface area contributed by atoms with Crippen molar-refractivity contribution in [2.75, 3.05) is 6.61 Å². The summed E-state index contributed by atoms with van der Waals surface area (Å²) in [4.78, 5) is 30.2. The third-order valence-corrected chi connectivity index (χ3v) is 6.26. The Morgan fingerprint density at radius 1 is 1.32 bits per heavy atom. The van der Waals surface area contributed by atoms with Gasteiger partial charge in [-0.3, -0.25) is 4.79 Å². The third-order valence-electron chi connectivity index (χ3n) is 4.37. The Labute approximate surface area is 171 Å². The highest BCUT2D eigenvalue weighted by atomic mass is 32.1. The first kappa shape index (κ1) is 20.0. The van der Waals surface area contributed by atoms with Crippen LogP contribution in [0, 0.1) is 32.1 Å². The Kier molecular flexibility index (Phi) is 6.07. The second kappa shape index (κ2) is 8.50. The molecule has 0 amide bonds. The standard InChI is InChI=1S/C20H19N3O3S2/c1-12-11-28-19(22-12)17(8-21)18(24)10-26-20(25)16-7-13(2)23(14(16)3)9-15-5-4-6-27-15/h4-7,11,17H,9-10H2,1-3H3/t17-/m0/s1. The van der Waals surface area contributed by atoms with Crippen molar-refractivity contribution in [2.45, 2.75) is 33.2 Å². The van der Waals surface area contributed by atoms with E-state index in [-0.39, 0.29) is 0 Å². The molecule has 0 fully saturated rings. The number of hydrogen-bond acceptors (Lipinski definition) is 7. The Balaban J connectivity index is 1.68. The summed E-state index contributed by atoms with van der Waals surface area (Å²) in [6.07, 6.45) is 0. The van der Waals surface area contributed by atoms with Crippen LogP contribution in [0.5, 0.6) is 0 Å². The number of aromatic nitrogens is 2. The van der Waals surface area contributed by atoms with E-state index in [1.54, 1.807) is 29.7 Å². The minimum Gasteiger partial charge on any atom is -0.454 e. The number of thiazole rings is 1. The van der Waals surface area contributed by atoms with Crippen LogP contribution < -0.4 is 0 Å². The number of rotatable bonds is 7. The molecule has 0 aliphatic rings.